The Balaban J connectivity index is 2.51. The highest BCUT2D eigenvalue weighted by atomic mass is 16.5. The van der Waals surface area contributed by atoms with E-state index >= 15 is 0 Å². The van der Waals surface area contributed by atoms with E-state index in [2.05, 4.69) is 27.7 Å². The molecule has 0 atom stereocenters. The molecule has 0 aromatic heterocycles. The summed E-state index contributed by atoms with van der Waals surface area (Å²) in [6, 6.07) is 0. The summed E-state index contributed by atoms with van der Waals surface area (Å²) >= 11 is 0. The van der Waals surface area contributed by atoms with Gasteiger partial charge in [0, 0.05) is 6.61 Å². The zero-order valence-corrected chi connectivity index (χ0v) is 9.44. The summed E-state index contributed by atoms with van der Waals surface area (Å²) in [4.78, 5) is 0. The van der Waals surface area contributed by atoms with Crippen LogP contribution >= 0.6 is 0 Å². The lowest BCUT2D eigenvalue weighted by atomic mass is 9.82. The van der Waals surface area contributed by atoms with Crippen LogP contribution in [0.4, 0.5) is 0 Å². The molecule has 76 valence electrons. The highest BCUT2D eigenvalue weighted by Gasteiger charge is 2.28. The quantitative estimate of drug-likeness (QED) is 0.592. The van der Waals surface area contributed by atoms with Crippen LogP contribution in [0.5, 0.6) is 0 Å². The van der Waals surface area contributed by atoms with Crippen molar-refractivity contribution in [2.24, 2.45) is 0 Å². The van der Waals surface area contributed by atoms with E-state index in [1.165, 1.54) is 31.3 Å². The summed E-state index contributed by atoms with van der Waals surface area (Å²) in [5, 5.41) is 0. The Bertz CT molecular complexity index is 189. The smallest absolute Gasteiger partial charge is 0.0660 e. The van der Waals surface area contributed by atoms with Gasteiger partial charge in [0.05, 0.1) is 5.60 Å². The number of rotatable bonds is 2. The van der Waals surface area contributed by atoms with Crippen molar-refractivity contribution in [3.63, 3.8) is 0 Å². The normalized spacial score (nSPS) is 29.1. The second kappa shape index (κ2) is 4.28. The van der Waals surface area contributed by atoms with Gasteiger partial charge in [0.2, 0.25) is 0 Å². The molecular formula is C12H22O. The maximum Gasteiger partial charge on any atom is 0.0660 e. The van der Waals surface area contributed by atoms with E-state index < -0.39 is 0 Å². The molecule has 1 rings (SSSR count). The van der Waals surface area contributed by atoms with Crippen molar-refractivity contribution in [1.82, 2.24) is 0 Å². The fraction of sp³-hybridized carbons (Fsp3) is 0.833. The van der Waals surface area contributed by atoms with Crippen molar-refractivity contribution in [1.29, 1.82) is 0 Å². The molecule has 1 heteroatoms. The van der Waals surface area contributed by atoms with E-state index in [1.54, 1.807) is 5.57 Å². The standard InChI is InChI=1S/C12H22O/c1-5-13-12(4)8-6-11(7-9-12)10(2)3/h5-9H2,1-4H3. The molecule has 0 amide bonds. The molecular weight excluding hydrogens is 160 g/mol. The molecule has 0 saturated heterocycles. The Morgan fingerprint density at radius 1 is 1.31 bits per heavy atom. The van der Waals surface area contributed by atoms with Crippen LogP contribution in [0.15, 0.2) is 11.1 Å². The highest BCUT2D eigenvalue weighted by Crippen LogP contribution is 2.35. The summed E-state index contributed by atoms with van der Waals surface area (Å²) in [5.41, 5.74) is 3.32. The van der Waals surface area contributed by atoms with Gasteiger partial charge >= 0.3 is 0 Å². The van der Waals surface area contributed by atoms with E-state index in [-0.39, 0.29) is 5.60 Å². The minimum Gasteiger partial charge on any atom is -0.376 e. The Hall–Kier alpha value is -0.300. The highest BCUT2D eigenvalue weighted by molar-refractivity contribution is 5.13. The summed E-state index contributed by atoms with van der Waals surface area (Å²) in [7, 11) is 0. The Morgan fingerprint density at radius 3 is 2.23 bits per heavy atom. The van der Waals surface area contributed by atoms with Gasteiger partial charge in [-0.2, -0.15) is 0 Å². The van der Waals surface area contributed by atoms with Gasteiger partial charge in [-0.3, -0.25) is 0 Å². The third-order valence-corrected chi connectivity index (χ3v) is 3.11. The fourth-order valence-corrected chi connectivity index (χ4v) is 2.07. The zero-order valence-electron chi connectivity index (χ0n) is 9.44. The van der Waals surface area contributed by atoms with E-state index in [9.17, 15) is 0 Å². The molecule has 1 fully saturated rings. The molecule has 0 aliphatic heterocycles. The second-order valence-electron chi connectivity index (χ2n) is 4.49. The fourth-order valence-electron chi connectivity index (χ4n) is 2.07. The van der Waals surface area contributed by atoms with Crippen LogP contribution in [0.2, 0.25) is 0 Å². The van der Waals surface area contributed by atoms with Crippen LogP contribution in [0.1, 0.15) is 53.4 Å². The lowest BCUT2D eigenvalue weighted by Crippen LogP contribution is -2.32. The topological polar surface area (TPSA) is 9.23 Å². The summed E-state index contributed by atoms with van der Waals surface area (Å²) in [6.07, 6.45) is 4.86. The molecule has 1 saturated carbocycles. The first kappa shape index (κ1) is 10.8. The zero-order chi connectivity index (χ0) is 9.90. The predicted octanol–water partition coefficient (Wildman–Crippen LogP) is 3.69. The largest absolute Gasteiger partial charge is 0.376 e. The van der Waals surface area contributed by atoms with Crippen molar-refractivity contribution in [2.75, 3.05) is 6.61 Å². The molecule has 0 aromatic rings. The van der Waals surface area contributed by atoms with Crippen LogP contribution in [0.25, 0.3) is 0 Å². The first-order valence-corrected chi connectivity index (χ1v) is 5.36. The van der Waals surface area contributed by atoms with Gasteiger partial charge in [-0.15, -0.1) is 0 Å². The minimum atomic E-state index is 0.160. The summed E-state index contributed by atoms with van der Waals surface area (Å²) < 4.78 is 5.78. The van der Waals surface area contributed by atoms with Gasteiger partial charge in [-0.1, -0.05) is 11.1 Å². The van der Waals surface area contributed by atoms with E-state index in [4.69, 9.17) is 4.74 Å². The van der Waals surface area contributed by atoms with Crippen molar-refractivity contribution in [3.8, 4) is 0 Å². The van der Waals surface area contributed by atoms with Gasteiger partial charge in [0.25, 0.3) is 0 Å². The number of hydrogen-bond donors (Lipinski definition) is 0. The maximum atomic E-state index is 5.78. The Morgan fingerprint density at radius 2 is 1.85 bits per heavy atom. The van der Waals surface area contributed by atoms with E-state index in [1.807, 2.05) is 0 Å². The summed E-state index contributed by atoms with van der Waals surface area (Å²) in [5.74, 6) is 0. The Kier molecular flexibility index (Phi) is 3.55. The van der Waals surface area contributed by atoms with E-state index in [0.29, 0.717) is 0 Å². The summed E-state index contributed by atoms with van der Waals surface area (Å²) in [6.45, 7) is 9.62. The molecule has 0 radical (unpaired) electrons. The first-order valence-electron chi connectivity index (χ1n) is 5.36. The predicted molar refractivity (Wildman–Crippen MR) is 56.9 cm³/mol. The third kappa shape index (κ3) is 2.84. The lowest BCUT2D eigenvalue weighted by Gasteiger charge is -2.35. The van der Waals surface area contributed by atoms with Gasteiger partial charge in [0.1, 0.15) is 0 Å². The van der Waals surface area contributed by atoms with Gasteiger partial charge in [-0.05, 0) is 53.4 Å². The molecule has 1 aliphatic rings. The van der Waals surface area contributed by atoms with Crippen LogP contribution < -0.4 is 0 Å². The molecule has 0 heterocycles. The van der Waals surface area contributed by atoms with Crippen molar-refractivity contribution in [3.05, 3.63) is 11.1 Å². The first-order chi connectivity index (χ1) is 6.07. The number of hydrogen-bond acceptors (Lipinski definition) is 1. The van der Waals surface area contributed by atoms with Crippen LogP contribution in [-0.4, -0.2) is 12.2 Å². The molecule has 0 bridgehead atoms. The minimum absolute atomic E-state index is 0.160. The molecule has 13 heavy (non-hydrogen) atoms. The molecule has 0 N–H and O–H groups in total. The van der Waals surface area contributed by atoms with Crippen molar-refractivity contribution >= 4 is 0 Å². The second-order valence-corrected chi connectivity index (χ2v) is 4.49. The van der Waals surface area contributed by atoms with Gasteiger partial charge in [0.15, 0.2) is 0 Å². The SMILES string of the molecule is CCOC1(C)CCC(=C(C)C)CC1. The van der Waals surface area contributed by atoms with Crippen LogP contribution in [0, 0.1) is 0 Å². The maximum absolute atomic E-state index is 5.78. The molecule has 0 aromatic carbocycles. The monoisotopic (exact) mass is 182 g/mol. The average molecular weight is 182 g/mol. The lowest BCUT2D eigenvalue weighted by molar-refractivity contribution is -0.0434. The van der Waals surface area contributed by atoms with Crippen LogP contribution in [-0.2, 0) is 4.74 Å². The molecule has 0 unspecified atom stereocenters. The Labute approximate surface area is 82.2 Å². The van der Waals surface area contributed by atoms with E-state index in [0.717, 1.165) is 6.61 Å². The molecule has 0 spiro atoms. The van der Waals surface area contributed by atoms with Crippen molar-refractivity contribution < 1.29 is 4.74 Å². The third-order valence-electron chi connectivity index (χ3n) is 3.11. The molecule has 1 aliphatic carbocycles. The van der Waals surface area contributed by atoms with Crippen LogP contribution in [0.3, 0.4) is 0 Å². The molecule has 1 nitrogen and oxygen atoms in total. The number of allylic oxidation sites excluding steroid dienone is 2. The average Bonchev–Trinajstić information content (AvgIpc) is 2.05. The number of ether oxygens (including phenoxy) is 1. The van der Waals surface area contributed by atoms with Gasteiger partial charge < -0.3 is 4.74 Å². The van der Waals surface area contributed by atoms with Crippen molar-refractivity contribution in [2.45, 2.75) is 59.0 Å². The van der Waals surface area contributed by atoms with Gasteiger partial charge in [-0.25, -0.2) is 0 Å².